The third-order valence-electron chi connectivity index (χ3n) is 1.60. The molecule has 1 unspecified atom stereocenters. The number of hydrogen-bond acceptors (Lipinski definition) is 1. The number of nitrogens with two attached hydrogens (primary N) is 1. The van der Waals surface area contributed by atoms with Crippen LogP contribution in [0.3, 0.4) is 0 Å². The van der Waals surface area contributed by atoms with Crippen LogP contribution in [0.1, 0.15) is 59.8 Å². The largest absolute Gasteiger partial charge is 0.328 e. The second-order valence-electron chi connectivity index (χ2n) is 3.09. The molecule has 1 nitrogen and oxygen atoms in total. The molecular formula is C10H25N. The predicted octanol–water partition coefficient (Wildman–Crippen LogP) is 3.33. The normalized spacial score (nSPS) is 11.7. The zero-order chi connectivity index (χ0) is 9.11. The van der Waals surface area contributed by atoms with E-state index in [2.05, 4.69) is 20.8 Å². The molecule has 0 aromatic heterocycles. The Balaban J connectivity index is 0. The molecule has 0 aliphatic carbocycles. The Kier molecular flexibility index (Phi) is 15.5. The van der Waals surface area contributed by atoms with Gasteiger partial charge in [-0.3, -0.25) is 0 Å². The van der Waals surface area contributed by atoms with Gasteiger partial charge in [0.15, 0.2) is 0 Å². The highest BCUT2D eigenvalue weighted by Crippen LogP contribution is 1.95. The van der Waals surface area contributed by atoms with E-state index in [1.165, 1.54) is 25.7 Å². The van der Waals surface area contributed by atoms with Crippen LogP contribution in [0.15, 0.2) is 0 Å². The number of hydrogen-bond donors (Lipinski definition) is 1. The van der Waals surface area contributed by atoms with Crippen molar-refractivity contribution in [3.05, 3.63) is 0 Å². The van der Waals surface area contributed by atoms with E-state index in [-0.39, 0.29) is 0 Å². The van der Waals surface area contributed by atoms with Gasteiger partial charge in [-0.05, 0) is 13.3 Å². The highest BCUT2D eigenvalue weighted by molar-refractivity contribution is 4.43. The maximum Gasteiger partial charge on any atom is 0.000781 e. The second-order valence-corrected chi connectivity index (χ2v) is 3.09. The Bertz CT molecular complexity index is 46.8. The molecule has 0 amide bonds. The highest BCUT2D eigenvalue weighted by atomic mass is 14.6. The van der Waals surface area contributed by atoms with Crippen LogP contribution in [0.2, 0.25) is 0 Å². The molecule has 0 heterocycles. The lowest BCUT2D eigenvalue weighted by Crippen LogP contribution is -2.11. The fourth-order valence-corrected chi connectivity index (χ4v) is 0.500. The summed E-state index contributed by atoms with van der Waals surface area (Å²) in [7, 11) is 0. The van der Waals surface area contributed by atoms with Gasteiger partial charge in [-0.1, -0.05) is 46.5 Å². The van der Waals surface area contributed by atoms with Crippen LogP contribution in [-0.4, -0.2) is 6.04 Å². The lowest BCUT2D eigenvalue weighted by atomic mass is 10.2. The first-order valence-corrected chi connectivity index (χ1v) is 4.94. The molecule has 0 radical (unpaired) electrons. The van der Waals surface area contributed by atoms with Gasteiger partial charge in [0.25, 0.3) is 0 Å². The summed E-state index contributed by atoms with van der Waals surface area (Å²) in [6.45, 7) is 8.54. The summed E-state index contributed by atoms with van der Waals surface area (Å²) < 4.78 is 0. The van der Waals surface area contributed by atoms with Crippen LogP contribution in [0.5, 0.6) is 0 Å². The van der Waals surface area contributed by atoms with Crippen molar-refractivity contribution in [2.45, 2.75) is 65.8 Å². The van der Waals surface area contributed by atoms with Gasteiger partial charge in [0.2, 0.25) is 0 Å². The first-order chi connectivity index (χ1) is 5.18. The van der Waals surface area contributed by atoms with E-state index in [0.29, 0.717) is 6.04 Å². The monoisotopic (exact) mass is 159 g/mol. The lowest BCUT2D eigenvalue weighted by Gasteiger charge is -1.91. The zero-order valence-corrected chi connectivity index (χ0v) is 8.69. The van der Waals surface area contributed by atoms with Gasteiger partial charge in [-0.15, -0.1) is 0 Å². The van der Waals surface area contributed by atoms with Crippen LogP contribution < -0.4 is 5.73 Å². The Morgan fingerprint density at radius 1 is 1.00 bits per heavy atom. The molecule has 0 fully saturated rings. The maximum absolute atomic E-state index is 5.29. The average Bonchev–Trinajstić information content (AvgIpc) is 2.02. The number of unbranched alkanes of at least 4 members (excludes halogenated alkanes) is 3. The van der Waals surface area contributed by atoms with Gasteiger partial charge in [0.05, 0.1) is 0 Å². The van der Waals surface area contributed by atoms with Crippen molar-refractivity contribution in [1.82, 2.24) is 0 Å². The minimum atomic E-state index is 0.384. The Labute approximate surface area is 72.4 Å². The third-order valence-corrected chi connectivity index (χ3v) is 1.60. The molecule has 0 aliphatic heterocycles. The summed E-state index contributed by atoms with van der Waals surface area (Å²) in [6, 6.07) is 0.384. The minimum Gasteiger partial charge on any atom is -0.328 e. The van der Waals surface area contributed by atoms with Crippen molar-refractivity contribution in [3.63, 3.8) is 0 Å². The van der Waals surface area contributed by atoms with Crippen LogP contribution in [-0.2, 0) is 0 Å². The molecule has 2 N–H and O–H groups in total. The van der Waals surface area contributed by atoms with E-state index in [0.717, 1.165) is 6.42 Å². The van der Waals surface area contributed by atoms with Crippen molar-refractivity contribution in [2.24, 2.45) is 5.73 Å². The molecule has 0 aliphatic rings. The molecule has 0 spiro atoms. The fraction of sp³-hybridized carbons (Fsp3) is 1.00. The van der Waals surface area contributed by atoms with Crippen LogP contribution >= 0.6 is 0 Å². The molecule has 0 aromatic carbocycles. The second kappa shape index (κ2) is 12.6. The zero-order valence-electron chi connectivity index (χ0n) is 8.69. The van der Waals surface area contributed by atoms with Crippen molar-refractivity contribution in [1.29, 1.82) is 0 Å². The van der Waals surface area contributed by atoms with E-state index in [9.17, 15) is 0 Å². The SMILES string of the molecule is CCC(C)N.CCCCCC. The minimum absolute atomic E-state index is 0.384. The van der Waals surface area contributed by atoms with Gasteiger partial charge in [-0.25, -0.2) is 0 Å². The van der Waals surface area contributed by atoms with E-state index >= 15 is 0 Å². The lowest BCUT2D eigenvalue weighted by molar-refractivity contribution is 0.702. The summed E-state index contributed by atoms with van der Waals surface area (Å²) in [5.74, 6) is 0. The summed E-state index contributed by atoms with van der Waals surface area (Å²) in [5.41, 5.74) is 5.29. The van der Waals surface area contributed by atoms with Crippen molar-refractivity contribution >= 4 is 0 Å². The predicted molar refractivity (Wildman–Crippen MR) is 53.8 cm³/mol. The Morgan fingerprint density at radius 3 is 1.36 bits per heavy atom. The summed E-state index contributed by atoms with van der Waals surface area (Å²) in [6.07, 6.45) is 6.62. The Hall–Kier alpha value is -0.0400. The average molecular weight is 159 g/mol. The molecule has 70 valence electrons. The van der Waals surface area contributed by atoms with Gasteiger partial charge < -0.3 is 5.73 Å². The van der Waals surface area contributed by atoms with E-state index in [1.807, 2.05) is 6.92 Å². The van der Waals surface area contributed by atoms with Crippen molar-refractivity contribution < 1.29 is 0 Å². The van der Waals surface area contributed by atoms with Crippen molar-refractivity contribution in [2.75, 3.05) is 0 Å². The molecular weight excluding hydrogens is 134 g/mol. The molecule has 11 heavy (non-hydrogen) atoms. The standard InChI is InChI=1S/C6H14.C4H11N/c1-3-5-6-4-2;1-3-4(2)5/h3-6H2,1-2H3;4H,3,5H2,1-2H3. The van der Waals surface area contributed by atoms with E-state index in [4.69, 9.17) is 5.73 Å². The molecule has 1 atom stereocenters. The smallest absolute Gasteiger partial charge is 0.000781 e. The third kappa shape index (κ3) is 25.7. The first kappa shape index (κ1) is 13.5. The van der Waals surface area contributed by atoms with Gasteiger partial charge in [0, 0.05) is 6.04 Å². The fourth-order valence-electron chi connectivity index (χ4n) is 0.500. The molecule has 0 saturated heterocycles. The molecule has 0 aromatic rings. The summed E-state index contributed by atoms with van der Waals surface area (Å²) in [5, 5.41) is 0. The number of rotatable bonds is 4. The quantitative estimate of drug-likeness (QED) is 0.626. The van der Waals surface area contributed by atoms with Gasteiger partial charge in [-0.2, -0.15) is 0 Å². The van der Waals surface area contributed by atoms with Gasteiger partial charge >= 0.3 is 0 Å². The molecule has 0 bridgehead atoms. The van der Waals surface area contributed by atoms with Crippen molar-refractivity contribution in [3.8, 4) is 0 Å². The maximum atomic E-state index is 5.29. The topological polar surface area (TPSA) is 26.0 Å². The van der Waals surface area contributed by atoms with Crippen LogP contribution in [0, 0.1) is 0 Å². The molecule has 0 rings (SSSR count). The van der Waals surface area contributed by atoms with Crippen LogP contribution in [0.25, 0.3) is 0 Å². The van der Waals surface area contributed by atoms with Crippen LogP contribution in [0.4, 0.5) is 0 Å². The van der Waals surface area contributed by atoms with E-state index in [1.54, 1.807) is 0 Å². The summed E-state index contributed by atoms with van der Waals surface area (Å²) in [4.78, 5) is 0. The van der Waals surface area contributed by atoms with Gasteiger partial charge in [0.1, 0.15) is 0 Å². The molecule has 0 saturated carbocycles. The first-order valence-electron chi connectivity index (χ1n) is 4.94. The molecule has 1 heteroatoms. The highest BCUT2D eigenvalue weighted by Gasteiger charge is 1.79. The Morgan fingerprint density at radius 2 is 1.27 bits per heavy atom. The van der Waals surface area contributed by atoms with E-state index < -0.39 is 0 Å². The summed E-state index contributed by atoms with van der Waals surface area (Å²) >= 11 is 0.